The number of rotatable bonds is 4. The highest BCUT2D eigenvalue weighted by Gasteiger charge is 2.21. The summed E-state index contributed by atoms with van der Waals surface area (Å²) >= 11 is 0. The van der Waals surface area contributed by atoms with Gasteiger partial charge in [0.25, 0.3) is 0 Å². The van der Waals surface area contributed by atoms with Gasteiger partial charge in [0.15, 0.2) is 0 Å². The third-order valence-corrected chi connectivity index (χ3v) is 10.8. The van der Waals surface area contributed by atoms with Gasteiger partial charge in [-0.15, -0.1) is 0 Å². The molecule has 0 fully saturated rings. The monoisotopic (exact) mass is 646 g/mol. The largest absolute Gasteiger partial charge is 0.456 e. The van der Waals surface area contributed by atoms with Crippen molar-refractivity contribution in [2.75, 3.05) is 0 Å². The first kappa shape index (κ1) is 28.2. The van der Waals surface area contributed by atoms with Crippen LogP contribution in [0.15, 0.2) is 186 Å². The van der Waals surface area contributed by atoms with Gasteiger partial charge in [0.1, 0.15) is 11.2 Å². The van der Waals surface area contributed by atoms with E-state index in [1.165, 1.54) is 98.4 Å². The van der Waals surface area contributed by atoms with Crippen molar-refractivity contribution in [2.24, 2.45) is 0 Å². The summed E-state index contributed by atoms with van der Waals surface area (Å²) in [5.74, 6) is 0. The quantitative estimate of drug-likeness (QED) is 0.137. The fraction of sp³-hybridized carbons (Fsp3) is 0. The van der Waals surface area contributed by atoms with Gasteiger partial charge in [-0.1, -0.05) is 152 Å². The summed E-state index contributed by atoms with van der Waals surface area (Å²) < 4.78 is 6.37. The fourth-order valence-corrected chi connectivity index (χ4v) is 8.56. The van der Waals surface area contributed by atoms with Gasteiger partial charge in [-0.3, -0.25) is 0 Å². The standard InChI is InChI=1S/C50H30O/c1-2-12-32(13-3-1)44-30-36(24-25-37(44)35-22-21-31-11-4-5-14-34(31)29-35)47-38-16-6-8-18-40(38)49(41-19-9-7-17-39(41)47)42-27-28-46-50-43(42)26-23-33-15-10-20-45(51-46)48(33)50/h1-30H. The molecule has 0 saturated carbocycles. The molecule has 0 amide bonds. The Morgan fingerprint density at radius 1 is 0.275 bits per heavy atom. The maximum Gasteiger partial charge on any atom is 0.136 e. The maximum absolute atomic E-state index is 6.37. The van der Waals surface area contributed by atoms with E-state index in [1.807, 2.05) is 0 Å². The van der Waals surface area contributed by atoms with Gasteiger partial charge in [0.2, 0.25) is 0 Å². The molecule has 0 aliphatic carbocycles. The molecule has 11 aromatic rings. The van der Waals surface area contributed by atoms with Crippen LogP contribution < -0.4 is 0 Å². The first-order chi connectivity index (χ1) is 25.3. The highest BCUT2D eigenvalue weighted by atomic mass is 16.3. The van der Waals surface area contributed by atoms with Crippen molar-refractivity contribution in [1.29, 1.82) is 0 Å². The van der Waals surface area contributed by atoms with E-state index in [-0.39, 0.29) is 0 Å². The topological polar surface area (TPSA) is 13.1 Å². The Morgan fingerprint density at radius 3 is 1.67 bits per heavy atom. The maximum atomic E-state index is 6.37. The highest BCUT2D eigenvalue weighted by molar-refractivity contribution is 6.28. The molecule has 51 heavy (non-hydrogen) atoms. The number of hydrogen-bond acceptors (Lipinski definition) is 1. The fourth-order valence-electron chi connectivity index (χ4n) is 8.56. The molecule has 1 heteroatoms. The third kappa shape index (κ3) is 4.22. The molecule has 0 aliphatic heterocycles. The Bertz CT molecular complexity index is 3070. The summed E-state index contributed by atoms with van der Waals surface area (Å²) in [5.41, 5.74) is 11.7. The van der Waals surface area contributed by atoms with Crippen molar-refractivity contribution in [3.63, 3.8) is 0 Å². The normalized spacial score (nSPS) is 11.9. The van der Waals surface area contributed by atoms with Gasteiger partial charge in [-0.05, 0) is 118 Å². The highest BCUT2D eigenvalue weighted by Crippen LogP contribution is 2.48. The van der Waals surface area contributed by atoms with E-state index < -0.39 is 0 Å². The summed E-state index contributed by atoms with van der Waals surface area (Å²) in [6.45, 7) is 0. The third-order valence-electron chi connectivity index (χ3n) is 10.8. The minimum atomic E-state index is 0.936. The Kier molecular flexibility index (Phi) is 6.02. The molecule has 0 N–H and O–H groups in total. The van der Waals surface area contributed by atoms with Crippen LogP contribution in [0.25, 0.3) is 110 Å². The number of fused-ring (bicyclic) bond motifs is 3. The van der Waals surface area contributed by atoms with Crippen molar-refractivity contribution >= 4 is 65.0 Å². The molecule has 0 radical (unpaired) electrons. The zero-order valence-corrected chi connectivity index (χ0v) is 27.7. The summed E-state index contributed by atoms with van der Waals surface area (Å²) in [7, 11) is 0. The van der Waals surface area contributed by atoms with Gasteiger partial charge in [0.05, 0.1) is 0 Å². The van der Waals surface area contributed by atoms with E-state index in [2.05, 4.69) is 182 Å². The van der Waals surface area contributed by atoms with Crippen LogP contribution in [0.3, 0.4) is 0 Å². The minimum Gasteiger partial charge on any atom is -0.456 e. The van der Waals surface area contributed by atoms with Crippen LogP contribution in [0.5, 0.6) is 0 Å². The molecule has 236 valence electrons. The number of benzene rings is 10. The van der Waals surface area contributed by atoms with Gasteiger partial charge in [-0.25, -0.2) is 0 Å². The van der Waals surface area contributed by atoms with Crippen molar-refractivity contribution < 1.29 is 4.42 Å². The van der Waals surface area contributed by atoms with Crippen molar-refractivity contribution in [2.45, 2.75) is 0 Å². The summed E-state index contributed by atoms with van der Waals surface area (Å²) in [6, 6.07) is 66.4. The smallest absolute Gasteiger partial charge is 0.136 e. The lowest BCUT2D eigenvalue weighted by Crippen LogP contribution is -1.93. The van der Waals surface area contributed by atoms with Gasteiger partial charge in [-0.2, -0.15) is 0 Å². The van der Waals surface area contributed by atoms with E-state index in [9.17, 15) is 0 Å². The van der Waals surface area contributed by atoms with E-state index in [0.717, 1.165) is 11.2 Å². The molecule has 10 aromatic carbocycles. The van der Waals surface area contributed by atoms with Gasteiger partial charge < -0.3 is 4.42 Å². The van der Waals surface area contributed by atoms with Crippen LogP contribution in [0.2, 0.25) is 0 Å². The molecule has 0 saturated heterocycles. The molecule has 0 unspecified atom stereocenters. The average molecular weight is 647 g/mol. The van der Waals surface area contributed by atoms with Crippen LogP contribution in [0, 0.1) is 0 Å². The minimum absolute atomic E-state index is 0.936. The van der Waals surface area contributed by atoms with Crippen molar-refractivity contribution in [1.82, 2.24) is 0 Å². The first-order valence-electron chi connectivity index (χ1n) is 17.6. The van der Waals surface area contributed by atoms with Crippen LogP contribution in [-0.2, 0) is 0 Å². The number of furan rings is 1. The second-order valence-electron chi connectivity index (χ2n) is 13.6. The van der Waals surface area contributed by atoms with E-state index in [0.29, 0.717) is 0 Å². The Labute approximate surface area is 295 Å². The van der Waals surface area contributed by atoms with Crippen molar-refractivity contribution in [3.05, 3.63) is 182 Å². The number of hydrogen-bond donors (Lipinski definition) is 0. The zero-order valence-electron chi connectivity index (χ0n) is 27.7. The van der Waals surface area contributed by atoms with Crippen molar-refractivity contribution in [3.8, 4) is 44.5 Å². The lowest BCUT2D eigenvalue weighted by Gasteiger charge is -2.20. The first-order valence-corrected chi connectivity index (χ1v) is 17.6. The van der Waals surface area contributed by atoms with Crippen LogP contribution in [-0.4, -0.2) is 0 Å². The Balaban J connectivity index is 1.20. The molecule has 1 aromatic heterocycles. The van der Waals surface area contributed by atoms with E-state index >= 15 is 0 Å². The summed E-state index contributed by atoms with van der Waals surface area (Å²) in [6.07, 6.45) is 0. The predicted octanol–water partition coefficient (Wildman–Crippen LogP) is 14.3. The van der Waals surface area contributed by atoms with Crippen LogP contribution in [0.1, 0.15) is 0 Å². The van der Waals surface area contributed by atoms with Gasteiger partial charge >= 0.3 is 0 Å². The average Bonchev–Trinajstić information content (AvgIpc) is 3.59. The Morgan fingerprint density at radius 2 is 0.882 bits per heavy atom. The molecule has 0 bridgehead atoms. The Hall–Kier alpha value is -6.70. The second-order valence-corrected chi connectivity index (χ2v) is 13.6. The molecule has 1 nitrogen and oxygen atoms in total. The lowest BCUT2D eigenvalue weighted by molar-refractivity contribution is 0.669. The SMILES string of the molecule is c1ccc(-c2cc(-c3c4ccccc4c(-c4ccc5oc6cccc7ccc4c5c76)c4ccccc34)ccc2-c2ccc3ccccc3c2)cc1. The molecule has 0 aliphatic rings. The summed E-state index contributed by atoms with van der Waals surface area (Å²) in [4.78, 5) is 0. The molecule has 0 atom stereocenters. The molecular weight excluding hydrogens is 617 g/mol. The molecular formula is C50H30O. The van der Waals surface area contributed by atoms with Gasteiger partial charge in [0, 0.05) is 10.8 Å². The second kappa shape index (κ2) is 10.9. The van der Waals surface area contributed by atoms with Crippen LogP contribution in [0.4, 0.5) is 0 Å². The molecule has 1 heterocycles. The van der Waals surface area contributed by atoms with E-state index in [1.54, 1.807) is 0 Å². The lowest BCUT2D eigenvalue weighted by atomic mass is 9.83. The van der Waals surface area contributed by atoms with E-state index in [4.69, 9.17) is 4.42 Å². The predicted molar refractivity (Wildman–Crippen MR) is 217 cm³/mol. The summed E-state index contributed by atoms with van der Waals surface area (Å²) in [5, 5.41) is 12.3. The molecule has 0 spiro atoms. The molecule has 11 rings (SSSR count). The van der Waals surface area contributed by atoms with Crippen LogP contribution >= 0.6 is 0 Å². The zero-order chi connectivity index (χ0) is 33.5.